The van der Waals surface area contributed by atoms with E-state index >= 15 is 0 Å². The monoisotopic (exact) mass is 286 g/mol. The van der Waals surface area contributed by atoms with Gasteiger partial charge in [-0.05, 0) is 12.8 Å². The van der Waals surface area contributed by atoms with Crippen LogP contribution in [0.5, 0.6) is 0 Å². The summed E-state index contributed by atoms with van der Waals surface area (Å²) in [5, 5.41) is 14.0. The molecule has 118 valence electrons. The van der Waals surface area contributed by atoms with E-state index in [0.29, 0.717) is 13.0 Å². The van der Waals surface area contributed by atoms with E-state index in [2.05, 4.69) is 17.6 Å². The summed E-state index contributed by atoms with van der Waals surface area (Å²) in [6.45, 7) is 4.55. The van der Waals surface area contributed by atoms with Gasteiger partial charge in [0.15, 0.2) is 0 Å². The van der Waals surface area contributed by atoms with Gasteiger partial charge in [0.05, 0.1) is 0 Å². The van der Waals surface area contributed by atoms with Gasteiger partial charge in [-0.3, -0.25) is 0 Å². The fourth-order valence-corrected chi connectivity index (χ4v) is 2.01. The minimum Gasteiger partial charge on any atom is -0.480 e. The number of amides is 2. The smallest absolute Gasteiger partial charge is 0.326 e. The normalized spacial score (nSPS) is 11.9. The van der Waals surface area contributed by atoms with Gasteiger partial charge >= 0.3 is 12.0 Å². The SMILES string of the molecule is CCCCCCCCCCNC(=O)N[C@@H](CC)C(=O)O. The van der Waals surface area contributed by atoms with E-state index in [4.69, 9.17) is 5.11 Å². The van der Waals surface area contributed by atoms with E-state index in [0.717, 1.165) is 12.8 Å². The highest BCUT2D eigenvalue weighted by Crippen LogP contribution is 2.07. The first-order valence-corrected chi connectivity index (χ1v) is 7.89. The predicted octanol–water partition coefficient (Wildman–Crippen LogP) is 3.29. The van der Waals surface area contributed by atoms with Crippen LogP contribution in [0.3, 0.4) is 0 Å². The highest BCUT2D eigenvalue weighted by molar-refractivity contribution is 5.82. The fraction of sp³-hybridized carbons (Fsp3) is 0.867. The third-order valence-electron chi connectivity index (χ3n) is 3.33. The molecule has 0 spiro atoms. The Labute approximate surface area is 122 Å². The van der Waals surface area contributed by atoms with Crippen LogP contribution in [0.4, 0.5) is 4.79 Å². The third-order valence-corrected chi connectivity index (χ3v) is 3.33. The lowest BCUT2D eigenvalue weighted by molar-refractivity contribution is -0.139. The molecule has 0 bridgehead atoms. The van der Waals surface area contributed by atoms with Crippen LogP contribution in [0.25, 0.3) is 0 Å². The maximum absolute atomic E-state index is 11.4. The molecule has 0 heterocycles. The van der Waals surface area contributed by atoms with E-state index in [9.17, 15) is 9.59 Å². The highest BCUT2D eigenvalue weighted by atomic mass is 16.4. The standard InChI is InChI=1S/C15H30N2O3/c1-3-5-6-7-8-9-10-11-12-16-15(20)17-13(4-2)14(18)19/h13H,3-12H2,1-2H3,(H,18,19)(H2,16,17,20)/t13-/m0/s1. The molecule has 0 saturated heterocycles. The lowest BCUT2D eigenvalue weighted by atomic mass is 10.1. The zero-order valence-corrected chi connectivity index (χ0v) is 12.9. The second-order valence-electron chi connectivity index (χ2n) is 5.17. The Balaban J connectivity index is 3.41. The number of carbonyl (C=O) groups excluding carboxylic acids is 1. The Morgan fingerprint density at radius 2 is 1.50 bits per heavy atom. The summed E-state index contributed by atoms with van der Waals surface area (Å²) >= 11 is 0. The molecule has 20 heavy (non-hydrogen) atoms. The maximum atomic E-state index is 11.4. The summed E-state index contributed by atoms with van der Waals surface area (Å²) < 4.78 is 0. The zero-order chi connectivity index (χ0) is 15.2. The number of carboxylic acids is 1. The Hall–Kier alpha value is -1.26. The number of rotatable bonds is 12. The molecule has 0 fully saturated rings. The van der Waals surface area contributed by atoms with Crippen LogP contribution in [0, 0.1) is 0 Å². The topological polar surface area (TPSA) is 78.4 Å². The van der Waals surface area contributed by atoms with E-state index in [1.165, 1.54) is 38.5 Å². The summed E-state index contributed by atoms with van der Waals surface area (Å²) in [5.74, 6) is -0.991. The van der Waals surface area contributed by atoms with E-state index in [1.807, 2.05) is 0 Å². The summed E-state index contributed by atoms with van der Waals surface area (Å²) in [4.78, 5) is 22.2. The molecule has 0 aromatic heterocycles. The van der Waals surface area contributed by atoms with Crippen LogP contribution < -0.4 is 10.6 Å². The second kappa shape index (κ2) is 12.8. The average molecular weight is 286 g/mol. The van der Waals surface area contributed by atoms with Crippen LogP contribution in [0.15, 0.2) is 0 Å². The Morgan fingerprint density at radius 3 is 2.00 bits per heavy atom. The Bertz CT molecular complexity index is 270. The molecule has 5 heteroatoms. The van der Waals surface area contributed by atoms with Crippen molar-refractivity contribution in [3.05, 3.63) is 0 Å². The van der Waals surface area contributed by atoms with E-state index in [-0.39, 0.29) is 6.03 Å². The van der Waals surface area contributed by atoms with Crippen molar-refractivity contribution in [2.45, 2.75) is 77.7 Å². The Kier molecular flexibility index (Phi) is 12.0. The molecule has 0 aromatic carbocycles. The molecule has 0 rings (SSSR count). The molecule has 1 atom stereocenters. The number of aliphatic carboxylic acids is 1. The van der Waals surface area contributed by atoms with Gasteiger partial charge in [-0.2, -0.15) is 0 Å². The number of unbranched alkanes of at least 4 members (excludes halogenated alkanes) is 7. The van der Waals surface area contributed by atoms with Crippen LogP contribution in [0.1, 0.15) is 71.6 Å². The second-order valence-corrected chi connectivity index (χ2v) is 5.17. The summed E-state index contributed by atoms with van der Waals surface area (Å²) in [6.07, 6.45) is 10.2. The van der Waals surface area contributed by atoms with Crippen molar-refractivity contribution in [1.82, 2.24) is 10.6 Å². The highest BCUT2D eigenvalue weighted by Gasteiger charge is 2.16. The molecule has 0 unspecified atom stereocenters. The molecular weight excluding hydrogens is 256 g/mol. The van der Waals surface area contributed by atoms with Crippen molar-refractivity contribution in [1.29, 1.82) is 0 Å². The van der Waals surface area contributed by atoms with E-state index in [1.54, 1.807) is 6.92 Å². The molecule has 0 aromatic rings. The molecule has 0 aliphatic rings. The summed E-state index contributed by atoms with van der Waals surface area (Å²) in [7, 11) is 0. The minimum atomic E-state index is -0.991. The molecule has 0 saturated carbocycles. The van der Waals surface area contributed by atoms with Crippen molar-refractivity contribution in [2.75, 3.05) is 6.54 Å². The van der Waals surface area contributed by atoms with Crippen LogP contribution in [-0.2, 0) is 4.79 Å². The Morgan fingerprint density at radius 1 is 0.950 bits per heavy atom. The van der Waals surface area contributed by atoms with Crippen molar-refractivity contribution >= 4 is 12.0 Å². The third kappa shape index (κ3) is 10.6. The van der Waals surface area contributed by atoms with Gasteiger partial charge in [0, 0.05) is 6.54 Å². The molecule has 3 N–H and O–H groups in total. The van der Waals surface area contributed by atoms with Gasteiger partial charge in [0.2, 0.25) is 0 Å². The van der Waals surface area contributed by atoms with Crippen LogP contribution >= 0.6 is 0 Å². The van der Waals surface area contributed by atoms with Gasteiger partial charge in [-0.25, -0.2) is 9.59 Å². The fourth-order valence-electron chi connectivity index (χ4n) is 2.01. The number of nitrogens with one attached hydrogen (secondary N) is 2. The molecule has 0 aliphatic carbocycles. The molecule has 2 amide bonds. The molecular formula is C15H30N2O3. The number of hydrogen-bond acceptors (Lipinski definition) is 2. The summed E-state index contributed by atoms with van der Waals surface area (Å²) in [6, 6.07) is -1.18. The molecule has 5 nitrogen and oxygen atoms in total. The van der Waals surface area contributed by atoms with Gasteiger partial charge in [-0.15, -0.1) is 0 Å². The number of carboxylic acid groups (broad SMARTS) is 1. The van der Waals surface area contributed by atoms with Gasteiger partial charge < -0.3 is 15.7 Å². The predicted molar refractivity (Wildman–Crippen MR) is 80.9 cm³/mol. The van der Waals surface area contributed by atoms with Gasteiger partial charge in [0.1, 0.15) is 6.04 Å². The maximum Gasteiger partial charge on any atom is 0.326 e. The van der Waals surface area contributed by atoms with Crippen molar-refractivity contribution in [3.8, 4) is 0 Å². The lowest BCUT2D eigenvalue weighted by Crippen LogP contribution is -2.45. The quantitative estimate of drug-likeness (QED) is 0.482. The minimum absolute atomic E-state index is 0.387. The van der Waals surface area contributed by atoms with Crippen LogP contribution in [-0.4, -0.2) is 29.7 Å². The first kappa shape index (κ1) is 18.7. The van der Waals surface area contributed by atoms with Crippen molar-refractivity contribution in [3.63, 3.8) is 0 Å². The number of carbonyl (C=O) groups is 2. The number of hydrogen-bond donors (Lipinski definition) is 3. The summed E-state index contributed by atoms with van der Waals surface area (Å²) in [5.41, 5.74) is 0. The van der Waals surface area contributed by atoms with Gasteiger partial charge in [-0.1, -0.05) is 58.8 Å². The zero-order valence-electron chi connectivity index (χ0n) is 12.9. The molecule has 0 radical (unpaired) electrons. The van der Waals surface area contributed by atoms with Crippen LogP contribution in [0.2, 0.25) is 0 Å². The number of urea groups is 1. The van der Waals surface area contributed by atoms with E-state index < -0.39 is 12.0 Å². The molecule has 0 aliphatic heterocycles. The van der Waals surface area contributed by atoms with Crippen molar-refractivity contribution < 1.29 is 14.7 Å². The lowest BCUT2D eigenvalue weighted by Gasteiger charge is -2.13. The van der Waals surface area contributed by atoms with Gasteiger partial charge in [0.25, 0.3) is 0 Å². The first-order chi connectivity index (χ1) is 9.61. The van der Waals surface area contributed by atoms with Crippen molar-refractivity contribution in [2.24, 2.45) is 0 Å². The average Bonchev–Trinajstić information content (AvgIpc) is 2.42. The first-order valence-electron chi connectivity index (χ1n) is 7.89. The largest absolute Gasteiger partial charge is 0.480 e.